The second-order valence-electron chi connectivity index (χ2n) is 4.84. The van der Waals surface area contributed by atoms with Gasteiger partial charge in [0.25, 0.3) is 5.91 Å². The SMILES string of the molecule is CN(C)c1cccc(C(=O)N2CCNC(=O)CC2)c1. The van der Waals surface area contributed by atoms with Crippen LogP contribution in [0.3, 0.4) is 0 Å². The molecule has 1 heterocycles. The monoisotopic (exact) mass is 261 g/mol. The molecule has 2 amide bonds. The lowest BCUT2D eigenvalue weighted by Gasteiger charge is -2.20. The lowest BCUT2D eigenvalue weighted by molar-refractivity contribution is -0.120. The van der Waals surface area contributed by atoms with Crippen molar-refractivity contribution in [3.8, 4) is 0 Å². The van der Waals surface area contributed by atoms with Crippen molar-refractivity contribution in [2.24, 2.45) is 0 Å². The Labute approximate surface area is 113 Å². The normalized spacial score (nSPS) is 15.7. The summed E-state index contributed by atoms with van der Waals surface area (Å²) in [5, 5.41) is 2.77. The lowest BCUT2D eigenvalue weighted by Crippen LogP contribution is -2.34. The van der Waals surface area contributed by atoms with Crippen molar-refractivity contribution in [2.45, 2.75) is 6.42 Å². The molecule has 2 rings (SSSR count). The van der Waals surface area contributed by atoms with Crippen LogP contribution in [-0.2, 0) is 4.79 Å². The van der Waals surface area contributed by atoms with E-state index >= 15 is 0 Å². The Bertz CT molecular complexity index is 485. The molecular formula is C14H19N3O2. The highest BCUT2D eigenvalue weighted by Gasteiger charge is 2.19. The van der Waals surface area contributed by atoms with Gasteiger partial charge in [-0.1, -0.05) is 6.07 Å². The highest BCUT2D eigenvalue weighted by atomic mass is 16.2. The first-order chi connectivity index (χ1) is 9.08. The molecule has 1 aromatic rings. The van der Waals surface area contributed by atoms with Crippen LogP contribution in [0.2, 0.25) is 0 Å². The third-order valence-corrected chi connectivity index (χ3v) is 3.21. The summed E-state index contributed by atoms with van der Waals surface area (Å²) in [5.74, 6) is -0.00228. The van der Waals surface area contributed by atoms with Crippen molar-refractivity contribution in [1.29, 1.82) is 0 Å². The molecule has 1 aromatic carbocycles. The van der Waals surface area contributed by atoms with E-state index in [2.05, 4.69) is 5.32 Å². The van der Waals surface area contributed by atoms with Gasteiger partial charge < -0.3 is 15.1 Å². The molecule has 0 atom stereocenters. The summed E-state index contributed by atoms with van der Waals surface area (Å²) in [6.45, 7) is 1.57. The third kappa shape index (κ3) is 3.24. The maximum atomic E-state index is 12.4. The molecule has 0 aliphatic carbocycles. The fourth-order valence-electron chi connectivity index (χ4n) is 2.07. The fraction of sp³-hybridized carbons (Fsp3) is 0.429. The predicted octanol–water partition coefficient (Wildman–Crippen LogP) is 0.715. The number of anilines is 1. The van der Waals surface area contributed by atoms with Crippen molar-refractivity contribution >= 4 is 17.5 Å². The minimum absolute atomic E-state index is 0.0114. The third-order valence-electron chi connectivity index (χ3n) is 3.21. The first kappa shape index (κ1) is 13.4. The number of nitrogens with one attached hydrogen (secondary N) is 1. The van der Waals surface area contributed by atoms with Crippen molar-refractivity contribution in [3.63, 3.8) is 0 Å². The summed E-state index contributed by atoms with van der Waals surface area (Å²) in [7, 11) is 3.89. The van der Waals surface area contributed by atoms with Crippen molar-refractivity contribution < 1.29 is 9.59 Å². The molecule has 5 heteroatoms. The largest absolute Gasteiger partial charge is 0.378 e. The van der Waals surface area contributed by atoms with Crippen molar-refractivity contribution in [3.05, 3.63) is 29.8 Å². The second kappa shape index (κ2) is 5.73. The summed E-state index contributed by atoms with van der Waals surface area (Å²) < 4.78 is 0. The Morgan fingerprint density at radius 2 is 2.11 bits per heavy atom. The van der Waals surface area contributed by atoms with E-state index in [4.69, 9.17) is 0 Å². The van der Waals surface area contributed by atoms with Gasteiger partial charge in [-0.3, -0.25) is 9.59 Å². The molecule has 1 N–H and O–H groups in total. The van der Waals surface area contributed by atoms with Crippen molar-refractivity contribution in [2.75, 3.05) is 38.6 Å². The van der Waals surface area contributed by atoms with Gasteiger partial charge in [0.15, 0.2) is 0 Å². The number of carbonyl (C=O) groups is 2. The fourth-order valence-corrected chi connectivity index (χ4v) is 2.07. The van der Waals surface area contributed by atoms with Crippen LogP contribution in [0.1, 0.15) is 16.8 Å². The zero-order valence-electron chi connectivity index (χ0n) is 11.3. The summed E-state index contributed by atoms with van der Waals surface area (Å²) in [4.78, 5) is 27.4. The summed E-state index contributed by atoms with van der Waals surface area (Å²) in [5.41, 5.74) is 1.66. The predicted molar refractivity (Wildman–Crippen MR) is 74.3 cm³/mol. The smallest absolute Gasteiger partial charge is 0.254 e. The molecule has 0 bridgehead atoms. The van der Waals surface area contributed by atoms with E-state index in [-0.39, 0.29) is 11.8 Å². The van der Waals surface area contributed by atoms with E-state index in [0.717, 1.165) is 5.69 Å². The van der Waals surface area contributed by atoms with Crippen LogP contribution in [0.5, 0.6) is 0 Å². The molecule has 1 saturated heterocycles. The second-order valence-corrected chi connectivity index (χ2v) is 4.84. The summed E-state index contributed by atoms with van der Waals surface area (Å²) in [6.07, 6.45) is 0.374. The average Bonchev–Trinajstić information content (AvgIpc) is 2.63. The number of amides is 2. The van der Waals surface area contributed by atoms with Gasteiger partial charge >= 0.3 is 0 Å². The highest BCUT2D eigenvalue weighted by molar-refractivity contribution is 5.95. The molecule has 5 nitrogen and oxygen atoms in total. The maximum absolute atomic E-state index is 12.4. The molecule has 102 valence electrons. The van der Waals surface area contributed by atoms with E-state index in [1.165, 1.54) is 0 Å². The van der Waals surface area contributed by atoms with Crippen LogP contribution in [0, 0.1) is 0 Å². The van der Waals surface area contributed by atoms with Gasteiger partial charge in [0.2, 0.25) is 5.91 Å². The minimum atomic E-state index is -0.0137. The molecular weight excluding hydrogens is 242 g/mol. The Morgan fingerprint density at radius 1 is 1.32 bits per heavy atom. The van der Waals surface area contributed by atoms with Gasteiger partial charge in [-0.05, 0) is 18.2 Å². The van der Waals surface area contributed by atoms with E-state index in [1.54, 1.807) is 4.90 Å². The molecule has 0 radical (unpaired) electrons. The van der Waals surface area contributed by atoms with Gasteiger partial charge in [0.1, 0.15) is 0 Å². The van der Waals surface area contributed by atoms with E-state index in [1.807, 2.05) is 43.3 Å². The minimum Gasteiger partial charge on any atom is -0.378 e. The molecule has 0 aromatic heterocycles. The highest BCUT2D eigenvalue weighted by Crippen LogP contribution is 2.15. The number of hydrogen-bond donors (Lipinski definition) is 1. The Kier molecular flexibility index (Phi) is 4.04. The van der Waals surface area contributed by atoms with E-state index < -0.39 is 0 Å². The number of nitrogens with zero attached hydrogens (tertiary/aromatic N) is 2. The van der Waals surface area contributed by atoms with Gasteiger partial charge in [-0.2, -0.15) is 0 Å². The first-order valence-corrected chi connectivity index (χ1v) is 6.41. The summed E-state index contributed by atoms with van der Waals surface area (Å²) >= 11 is 0. The van der Waals surface area contributed by atoms with Crippen LogP contribution in [-0.4, -0.2) is 50.4 Å². The van der Waals surface area contributed by atoms with Crippen LogP contribution >= 0.6 is 0 Å². The van der Waals surface area contributed by atoms with Crippen LogP contribution in [0.4, 0.5) is 5.69 Å². The number of hydrogen-bond acceptors (Lipinski definition) is 3. The molecule has 19 heavy (non-hydrogen) atoms. The number of benzene rings is 1. The van der Waals surface area contributed by atoms with Gasteiger partial charge in [0, 0.05) is 51.4 Å². The van der Waals surface area contributed by atoms with Gasteiger partial charge in [-0.25, -0.2) is 0 Å². The zero-order valence-corrected chi connectivity index (χ0v) is 11.3. The summed E-state index contributed by atoms with van der Waals surface area (Å²) in [6, 6.07) is 7.53. The van der Waals surface area contributed by atoms with Crippen LogP contribution in [0.15, 0.2) is 24.3 Å². The lowest BCUT2D eigenvalue weighted by atomic mass is 10.1. The molecule has 0 unspecified atom stereocenters. The Hall–Kier alpha value is -2.04. The van der Waals surface area contributed by atoms with E-state index in [9.17, 15) is 9.59 Å². The first-order valence-electron chi connectivity index (χ1n) is 6.41. The van der Waals surface area contributed by atoms with Crippen LogP contribution < -0.4 is 10.2 Å². The molecule has 0 saturated carbocycles. The number of carbonyl (C=O) groups excluding carboxylic acids is 2. The number of rotatable bonds is 2. The van der Waals surface area contributed by atoms with E-state index in [0.29, 0.717) is 31.6 Å². The maximum Gasteiger partial charge on any atom is 0.254 e. The topological polar surface area (TPSA) is 52.7 Å². The zero-order chi connectivity index (χ0) is 13.8. The molecule has 1 aliphatic heterocycles. The molecule has 1 fully saturated rings. The Balaban J connectivity index is 2.14. The molecule has 0 spiro atoms. The standard InChI is InChI=1S/C14H19N3O2/c1-16(2)12-5-3-4-11(10-12)14(19)17-8-6-13(18)15-7-9-17/h3-5,10H,6-9H2,1-2H3,(H,15,18). The van der Waals surface area contributed by atoms with Crippen molar-refractivity contribution in [1.82, 2.24) is 10.2 Å². The quantitative estimate of drug-likeness (QED) is 0.853. The van der Waals surface area contributed by atoms with Gasteiger partial charge in [-0.15, -0.1) is 0 Å². The average molecular weight is 261 g/mol. The molecule has 1 aliphatic rings. The van der Waals surface area contributed by atoms with Crippen LogP contribution in [0.25, 0.3) is 0 Å². The Morgan fingerprint density at radius 3 is 2.84 bits per heavy atom. The van der Waals surface area contributed by atoms with Gasteiger partial charge in [0.05, 0.1) is 0 Å².